The Morgan fingerprint density at radius 3 is 2.81 bits per heavy atom. The van der Waals surface area contributed by atoms with Gasteiger partial charge in [0.05, 0.1) is 11.7 Å². The number of fused-ring (bicyclic) bond motifs is 1. The molecule has 36 heavy (non-hydrogen) atoms. The molecule has 1 aliphatic heterocycles. The van der Waals surface area contributed by atoms with Crippen LogP contribution in [0.1, 0.15) is 65.0 Å². The van der Waals surface area contributed by atoms with Gasteiger partial charge in [0.15, 0.2) is 0 Å². The van der Waals surface area contributed by atoms with Crippen molar-refractivity contribution in [3.05, 3.63) is 106 Å². The van der Waals surface area contributed by atoms with E-state index in [1.54, 1.807) is 12.1 Å². The number of halogens is 1. The number of carbonyl (C=O) groups is 1. The molecule has 0 spiro atoms. The van der Waals surface area contributed by atoms with Crippen molar-refractivity contribution in [3.63, 3.8) is 0 Å². The molecule has 5 rings (SSSR count). The summed E-state index contributed by atoms with van der Waals surface area (Å²) in [6.45, 7) is 4.19. The van der Waals surface area contributed by atoms with Gasteiger partial charge in [-0.25, -0.2) is 4.98 Å². The molecule has 184 valence electrons. The third kappa shape index (κ3) is 5.89. The van der Waals surface area contributed by atoms with Crippen molar-refractivity contribution in [1.29, 1.82) is 0 Å². The number of pyridine rings is 2. The van der Waals surface area contributed by atoms with Gasteiger partial charge in [0.2, 0.25) is 0 Å². The molecule has 1 N–H and O–H groups in total. The highest BCUT2D eigenvalue weighted by Gasteiger charge is 2.28. The Bertz CT molecular complexity index is 1320. The summed E-state index contributed by atoms with van der Waals surface area (Å²) in [7, 11) is 0. The number of hydrogen-bond donors (Lipinski definition) is 1. The first kappa shape index (κ1) is 24.3. The van der Waals surface area contributed by atoms with Gasteiger partial charge in [-0.2, -0.15) is 0 Å². The monoisotopic (exact) mass is 499 g/mol. The van der Waals surface area contributed by atoms with E-state index < -0.39 is 0 Å². The molecule has 0 fully saturated rings. The van der Waals surface area contributed by atoms with E-state index in [9.17, 15) is 4.79 Å². The number of hydrogen-bond acceptors (Lipinski definition) is 5. The first-order chi connectivity index (χ1) is 17.5. The van der Waals surface area contributed by atoms with Gasteiger partial charge < -0.3 is 5.32 Å². The Hall–Kier alpha value is -3.35. The van der Waals surface area contributed by atoms with Gasteiger partial charge >= 0.3 is 0 Å². The maximum absolute atomic E-state index is 12.5. The van der Waals surface area contributed by atoms with Crippen LogP contribution in [0.25, 0.3) is 0 Å². The zero-order chi connectivity index (χ0) is 24.9. The second-order valence-corrected chi connectivity index (χ2v) is 9.97. The summed E-state index contributed by atoms with van der Waals surface area (Å²) < 4.78 is 0. The van der Waals surface area contributed by atoms with E-state index in [0.29, 0.717) is 17.3 Å². The van der Waals surface area contributed by atoms with Crippen LogP contribution < -0.4 is 5.32 Å². The van der Waals surface area contributed by atoms with Gasteiger partial charge in [-0.3, -0.25) is 19.7 Å². The smallest absolute Gasteiger partial charge is 0.251 e. The van der Waals surface area contributed by atoms with Gasteiger partial charge in [0.1, 0.15) is 5.15 Å². The summed E-state index contributed by atoms with van der Waals surface area (Å²) in [5.41, 5.74) is 7.83. The van der Waals surface area contributed by atoms with E-state index in [4.69, 9.17) is 16.6 Å². The van der Waals surface area contributed by atoms with Crippen LogP contribution in [-0.4, -0.2) is 33.0 Å². The average molecular weight is 500 g/mol. The molecule has 0 saturated heterocycles. The van der Waals surface area contributed by atoms with E-state index in [-0.39, 0.29) is 11.9 Å². The van der Waals surface area contributed by atoms with Crippen LogP contribution in [0.5, 0.6) is 0 Å². The largest absolute Gasteiger partial charge is 0.348 e. The Kier molecular flexibility index (Phi) is 7.54. The zero-order valence-electron chi connectivity index (χ0n) is 20.5. The molecular weight excluding hydrogens is 470 g/mol. The zero-order valence-corrected chi connectivity index (χ0v) is 21.2. The fourth-order valence-electron chi connectivity index (χ4n) is 5.06. The van der Waals surface area contributed by atoms with Crippen LogP contribution in [0.2, 0.25) is 5.15 Å². The standard InChI is InChI=1S/C29H30ClN5O/c1-20-13-25(33-16-20)19-35(26-9-3-7-23-8-4-11-32-28(23)26)18-22-6-2-5-21(14-22)17-34-29(36)24-10-12-31-27(30)15-24/h2,4-6,8,10-12,14-16,26H,3,7,9,13,17-19H2,1H3,(H,34,36). The molecule has 2 aromatic heterocycles. The van der Waals surface area contributed by atoms with E-state index in [0.717, 1.165) is 44.3 Å². The number of aryl methyl sites for hydroxylation is 1. The van der Waals surface area contributed by atoms with E-state index in [1.807, 2.05) is 24.5 Å². The number of aromatic nitrogens is 2. The van der Waals surface area contributed by atoms with Gasteiger partial charge in [-0.05, 0) is 66.6 Å². The lowest BCUT2D eigenvalue weighted by Crippen LogP contribution is -2.35. The van der Waals surface area contributed by atoms with Crippen LogP contribution in [0, 0.1) is 0 Å². The molecule has 0 radical (unpaired) electrons. The van der Waals surface area contributed by atoms with Gasteiger partial charge in [-0.15, -0.1) is 0 Å². The predicted molar refractivity (Wildman–Crippen MR) is 143 cm³/mol. The second kappa shape index (κ2) is 11.1. The summed E-state index contributed by atoms with van der Waals surface area (Å²) in [6.07, 6.45) is 9.71. The van der Waals surface area contributed by atoms with Crippen molar-refractivity contribution in [1.82, 2.24) is 20.2 Å². The molecule has 3 heterocycles. The number of allylic oxidation sites excluding steroid dienone is 1. The summed E-state index contributed by atoms with van der Waals surface area (Å²) in [4.78, 5) is 28.5. The van der Waals surface area contributed by atoms with Crippen molar-refractivity contribution in [2.45, 2.75) is 51.7 Å². The minimum absolute atomic E-state index is 0.168. The van der Waals surface area contributed by atoms with Crippen molar-refractivity contribution in [2.75, 3.05) is 6.54 Å². The lowest BCUT2D eigenvalue weighted by molar-refractivity contribution is 0.0950. The van der Waals surface area contributed by atoms with Crippen LogP contribution in [0.15, 0.2) is 77.7 Å². The Balaban J connectivity index is 1.32. The van der Waals surface area contributed by atoms with Crippen LogP contribution >= 0.6 is 11.6 Å². The lowest BCUT2D eigenvalue weighted by atomic mass is 9.90. The molecule has 6 nitrogen and oxygen atoms in total. The van der Waals surface area contributed by atoms with E-state index in [2.05, 4.69) is 51.4 Å². The van der Waals surface area contributed by atoms with E-state index in [1.165, 1.54) is 34.3 Å². The highest BCUT2D eigenvalue weighted by molar-refractivity contribution is 6.29. The Morgan fingerprint density at radius 1 is 1.08 bits per heavy atom. The van der Waals surface area contributed by atoms with Crippen LogP contribution in [0.3, 0.4) is 0 Å². The van der Waals surface area contributed by atoms with E-state index >= 15 is 0 Å². The number of benzene rings is 1. The molecule has 1 aliphatic carbocycles. The molecule has 1 aromatic carbocycles. The third-order valence-electron chi connectivity index (χ3n) is 6.76. The summed E-state index contributed by atoms with van der Waals surface area (Å²) in [6, 6.07) is 16.2. The van der Waals surface area contributed by atoms with Crippen molar-refractivity contribution < 1.29 is 4.79 Å². The third-order valence-corrected chi connectivity index (χ3v) is 6.97. The highest BCUT2D eigenvalue weighted by atomic mass is 35.5. The molecule has 2 aliphatic rings. The van der Waals surface area contributed by atoms with Gasteiger partial charge in [-0.1, -0.05) is 41.9 Å². The fourth-order valence-corrected chi connectivity index (χ4v) is 5.24. The number of carbonyl (C=O) groups excluding carboxylic acids is 1. The predicted octanol–water partition coefficient (Wildman–Crippen LogP) is 5.69. The molecule has 1 atom stereocenters. The number of aliphatic imine (C=N–C) groups is 1. The minimum Gasteiger partial charge on any atom is -0.348 e. The van der Waals surface area contributed by atoms with Crippen LogP contribution in [0.4, 0.5) is 0 Å². The SMILES string of the molecule is CC1=CN=C(CN(Cc2cccc(CNC(=O)c3ccnc(Cl)c3)c2)C2CCCc3cccnc32)C1. The van der Waals surface area contributed by atoms with Crippen molar-refractivity contribution in [2.24, 2.45) is 4.99 Å². The highest BCUT2D eigenvalue weighted by Crippen LogP contribution is 2.34. The summed E-state index contributed by atoms with van der Waals surface area (Å²) in [5, 5.41) is 3.29. The van der Waals surface area contributed by atoms with Gasteiger partial charge in [0.25, 0.3) is 5.91 Å². The molecule has 3 aromatic rings. The molecule has 7 heteroatoms. The minimum atomic E-state index is -0.168. The molecule has 0 bridgehead atoms. The Morgan fingerprint density at radius 2 is 1.97 bits per heavy atom. The Labute approximate surface area is 217 Å². The lowest BCUT2D eigenvalue weighted by Gasteiger charge is -2.35. The first-order valence-electron chi connectivity index (χ1n) is 12.4. The maximum atomic E-state index is 12.5. The average Bonchev–Trinajstić information content (AvgIpc) is 3.31. The topological polar surface area (TPSA) is 70.5 Å². The van der Waals surface area contributed by atoms with Crippen molar-refractivity contribution in [3.8, 4) is 0 Å². The fraction of sp³-hybridized carbons (Fsp3) is 0.310. The molecular formula is C29H30ClN5O. The summed E-state index contributed by atoms with van der Waals surface area (Å²) in [5.74, 6) is -0.168. The van der Waals surface area contributed by atoms with Crippen molar-refractivity contribution >= 4 is 23.2 Å². The van der Waals surface area contributed by atoms with Crippen LogP contribution in [-0.2, 0) is 19.5 Å². The summed E-state index contributed by atoms with van der Waals surface area (Å²) >= 11 is 5.93. The normalized spacial score (nSPS) is 16.9. The second-order valence-electron chi connectivity index (χ2n) is 9.58. The van der Waals surface area contributed by atoms with Gasteiger partial charge in [0, 0.05) is 55.9 Å². The first-order valence-corrected chi connectivity index (χ1v) is 12.8. The molecule has 0 saturated carbocycles. The maximum Gasteiger partial charge on any atom is 0.251 e. The molecule has 1 amide bonds. The molecule has 1 unspecified atom stereocenters. The number of amides is 1. The number of nitrogens with zero attached hydrogens (tertiary/aromatic N) is 4. The number of nitrogens with one attached hydrogen (secondary N) is 1. The number of rotatable bonds is 8. The quantitative estimate of drug-likeness (QED) is 0.404.